The summed E-state index contributed by atoms with van der Waals surface area (Å²) >= 11 is 0. The lowest BCUT2D eigenvalue weighted by molar-refractivity contribution is 0.0724. The summed E-state index contributed by atoms with van der Waals surface area (Å²) < 4.78 is 0. The maximum absolute atomic E-state index is 3.58. The van der Waals surface area contributed by atoms with Crippen LogP contribution in [-0.4, -0.2) is 61.2 Å². The van der Waals surface area contributed by atoms with Crippen molar-refractivity contribution < 1.29 is 0 Å². The summed E-state index contributed by atoms with van der Waals surface area (Å²) in [5.74, 6) is 0. The lowest BCUT2D eigenvalue weighted by Crippen LogP contribution is -2.56. The van der Waals surface area contributed by atoms with Crippen molar-refractivity contribution in [3.05, 3.63) is 0 Å². The Balaban J connectivity index is 1.55. The Morgan fingerprint density at radius 1 is 0.778 bits per heavy atom. The maximum Gasteiger partial charge on any atom is 0.0250 e. The second-order valence-corrected chi connectivity index (χ2v) is 6.40. The predicted molar refractivity (Wildman–Crippen MR) is 75.9 cm³/mol. The van der Waals surface area contributed by atoms with Gasteiger partial charge in [-0.05, 0) is 32.7 Å². The lowest BCUT2D eigenvalue weighted by atomic mass is 10.0. The van der Waals surface area contributed by atoms with Crippen LogP contribution < -0.4 is 5.32 Å². The first-order valence-corrected chi connectivity index (χ1v) is 8.04. The number of nitrogens with zero attached hydrogens (tertiary/aromatic N) is 2. The van der Waals surface area contributed by atoms with Crippen molar-refractivity contribution in [2.75, 3.05) is 33.2 Å². The molecule has 0 radical (unpaired) electrons. The standard InChI is InChI=1S/C15H29N3/c1-16-14-5-3-2-4-6-15(14)18-11-9-17(10-12-18)13-7-8-13/h13-16H,2-12H2,1H3. The van der Waals surface area contributed by atoms with Gasteiger partial charge in [-0.3, -0.25) is 9.80 Å². The highest BCUT2D eigenvalue weighted by Gasteiger charge is 2.34. The summed E-state index contributed by atoms with van der Waals surface area (Å²) in [6.45, 7) is 5.24. The molecule has 2 atom stereocenters. The molecule has 0 aromatic carbocycles. The zero-order chi connectivity index (χ0) is 12.4. The van der Waals surface area contributed by atoms with Crippen LogP contribution in [0.5, 0.6) is 0 Å². The summed E-state index contributed by atoms with van der Waals surface area (Å²) in [5, 5.41) is 3.58. The molecule has 0 aromatic rings. The molecule has 3 rings (SSSR count). The number of rotatable bonds is 3. The van der Waals surface area contributed by atoms with Crippen LogP contribution >= 0.6 is 0 Å². The molecule has 18 heavy (non-hydrogen) atoms. The molecule has 1 aliphatic heterocycles. The van der Waals surface area contributed by atoms with E-state index in [-0.39, 0.29) is 0 Å². The molecule has 2 aliphatic carbocycles. The number of hydrogen-bond donors (Lipinski definition) is 1. The van der Waals surface area contributed by atoms with Crippen LogP contribution in [0.25, 0.3) is 0 Å². The van der Waals surface area contributed by atoms with Gasteiger partial charge in [0.1, 0.15) is 0 Å². The zero-order valence-corrected chi connectivity index (χ0v) is 11.9. The second-order valence-electron chi connectivity index (χ2n) is 6.40. The zero-order valence-electron chi connectivity index (χ0n) is 11.9. The molecule has 104 valence electrons. The largest absolute Gasteiger partial charge is 0.315 e. The summed E-state index contributed by atoms with van der Waals surface area (Å²) in [6, 6.07) is 2.50. The van der Waals surface area contributed by atoms with Gasteiger partial charge in [0.25, 0.3) is 0 Å². The Morgan fingerprint density at radius 3 is 2.11 bits per heavy atom. The van der Waals surface area contributed by atoms with Crippen LogP contribution in [0.15, 0.2) is 0 Å². The first-order valence-electron chi connectivity index (χ1n) is 8.04. The molecule has 3 aliphatic rings. The predicted octanol–water partition coefficient (Wildman–Crippen LogP) is 1.69. The van der Waals surface area contributed by atoms with Gasteiger partial charge >= 0.3 is 0 Å². The van der Waals surface area contributed by atoms with Gasteiger partial charge in [0.05, 0.1) is 0 Å². The van der Waals surface area contributed by atoms with Crippen molar-refractivity contribution in [1.29, 1.82) is 0 Å². The Labute approximate surface area is 112 Å². The van der Waals surface area contributed by atoms with Gasteiger partial charge in [0.15, 0.2) is 0 Å². The van der Waals surface area contributed by atoms with E-state index in [1.807, 2.05) is 0 Å². The third-order valence-electron chi connectivity index (χ3n) is 5.23. The highest BCUT2D eigenvalue weighted by Crippen LogP contribution is 2.29. The second kappa shape index (κ2) is 5.89. The molecule has 3 heteroatoms. The van der Waals surface area contributed by atoms with E-state index >= 15 is 0 Å². The third-order valence-corrected chi connectivity index (χ3v) is 5.23. The van der Waals surface area contributed by atoms with Crippen molar-refractivity contribution in [3.63, 3.8) is 0 Å². The van der Waals surface area contributed by atoms with E-state index in [0.717, 1.165) is 18.1 Å². The van der Waals surface area contributed by atoms with Gasteiger partial charge < -0.3 is 5.32 Å². The molecule has 0 amide bonds. The molecular formula is C15H29N3. The van der Waals surface area contributed by atoms with Gasteiger partial charge in [-0.2, -0.15) is 0 Å². The first-order chi connectivity index (χ1) is 8.88. The molecule has 1 heterocycles. The molecular weight excluding hydrogens is 222 g/mol. The smallest absolute Gasteiger partial charge is 0.0250 e. The highest BCUT2D eigenvalue weighted by molar-refractivity contribution is 4.92. The molecule has 1 saturated heterocycles. The summed E-state index contributed by atoms with van der Waals surface area (Å²) in [7, 11) is 2.16. The van der Waals surface area contributed by atoms with E-state index in [1.165, 1.54) is 71.1 Å². The summed E-state index contributed by atoms with van der Waals surface area (Å²) in [6.07, 6.45) is 10.0. The van der Waals surface area contributed by atoms with E-state index in [0.29, 0.717) is 0 Å². The number of hydrogen-bond acceptors (Lipinski definition) is 3. The van der Waals surface area contributed by atoms with Gasteiger partial charge in [0, 0.05) is 44.3 Å². The molecule has 3 fully saturated rings. The molecule has 1 N–H and O–H groups in total. The average Bonchev–Trinajstić information content (AvgIpc) is 3.25. The fourth-order valence-electron chi connectivity index (χ4n) is 3.94. The van der Waals surface area contributed by atoms with Crippen LogP contribution in [0, 0.1) is 0 Å². The molecule has 3 nitrogen and oxygen atoms in total. The minimum absolute atomic E-state index is 0.736. The molecule has 2 saturated carbocycles. The quantitative estimate of drug-likeness (QED) is 0.770. The number of nitrogens with one attached hydrogen (secondary N) is 1. The van der Waals surface area contributed by atoms with Crippen LogP contribution in [-0.2, 0) is 0 Å². The Hall–Kier alpha value is -0.120. The fraction of sp³-hybridized carbons (Fsp3) is 1.00. The van der Waals surface area contributed by atoms with Crippen molar-refractivity contribution >= 4 is 0 Å². The Bertz CT molecular complexity index is 256. The van der Waals surface area contributed by atoms with Crippen LogP contribution in [0.4, 0.5) is 0 Å². The van der Waals surface area contributed by atoms with E-state index in [4.69, 9.17) is 0 Å². The van der Waals surface area contributed by atoms with Crippen molar-refractivity contribution in [2.45, 2.75) is 63.1 Å². The number of piperazine rings is 1. The van der Waals surface area contributed by atoms with Crippen molar-refractivity contribution in [1.82, 2.24) is 15.1 Å². The van der Waals surface area contributed by atoms with E-state index < -0.39 is 0 Å². The maximum atomic E-state index is 3.58. The third kappa shape index (κ3) is 2.89. The van der Waals surface area contributed by atoms with E-state index in [2.05, 4.69) is 22.2 Å². The van der Waals surface area contributed by atoms with E-state index in [1.54, 1.807) is 0 Å². The van der Waals surface area contributed by atoms with Crippen LogP contribution in [0.3, 0.4) is 0 Å². The van der Waals surface area contributed by atoms with Crippen LogP contribution in [0.1, 0.15) is 44.9 Å². The SMILES string of the molecule is CNC1CCCCCC1N1CCN(C2CC2)CC1. The van der Waals surface area contributed by atoms with Crippen molar-refractivity contribution in [2.24, 2.45) is 0 Å². The molecule has 2 unspecified atom stereocenters. The minimum Gasteiger partial charge on any atom is -0.315 e. The highest BCUT2D eigenvalue weighted by atomic mass is 15.3. The lowest BCUT2D eigenvalue weighted by Gasteiger charge is -2.42. The molecule has 0 aromatic heterocycles. The summed E-state index contributed by atoms with van der Waals surface area (Å²) in [5.41, 5.74) is 0. The average molecular weight is 251 g/mol. The molecule has 0 spiro atoms. The van der Waals surface area contributed by atoms with Crippen LogP contribution in [0.2, 0.25) is 0 Å². The number of likely N-dealkylation sites (N-methyl/N-ethyl adjacent to an activating group) is 1. The topological polar surface area (TPSA) is 18.5 Å². The monoisotopic (exact) mass is 251 g/mol. The minimum atomic E-state index is 0.736. The fourth-order valence-corrected chi connectivity index (χ4v) is 3.94. The summed E-state index contributed by atoms with van der Waals surface area (Å²) in [4.78, 5) is 5.51. The van der Waals surface area contributed by atoms with Gasteiger partial charge in [-0.15, -0.1) is 0 Å². The Morgan fingerprint density at radius 2 is 1.44 bits per heavy atom. The van der Waals surface area contributed by atoms with Gasteiger partial charge in [-0.1, -0.05) is 19.3 Å². The first kappa shape index (κ1) is 12.9. The normalized spacial score (nSPS) is 36.5. The van der Waals surface area contributed by atoms with Crippen molar-refractivity contribution in [3.8, 4) is 0 Å². The van der Waals surface area contributed by atoms with Gasteiger partial charge in [0.2, 0.25) is 0 Å². The molecule has 0 bridgehead atoms. The van der Waals surface area contributed by atoms with E-state index in [9.17, 15) is 0 Å². The Kier molecular flexibility index (Phi) is 4.22. The van der Waals surface area contributed by atoms with Gasteiger partial charge in [-0.25, -0.2) is 0 Å².